The summed E-state index contributed by atoms with van der Waals surface area (Å²) in [5, 5.41) is 7.57. The summed E-state index contributed by atoms with van der Waals surface area (Å²) in [4.78, 5) is 12.0. The number of benzene rings is 1. The molecule has 5 nitrogen and oxygen atoms in total. The zero-order valence-corrected chi connectivity index (χ0v) is 13.8. The number of rotatable bonds is 5. The van der Waals surface area contributed by atoms with Crippen LogP contribution >= 0.6 is 15.9 Å². The molecule has 0 saturated carbocycles. The van der Waals surface area contributed by atoms with Gasteiger partial charge in [0, 0.05) is 13.6 Å². The fourth-order valence-corrected chi connectivity index (χ4v) is 2.65. The van der Waals surface area contributed by atoms with Crippen LogP contribution in [0.25, 0.3) is 0 Å². The van der Waals surface area contributed by atoms with E-state index in [1.807, 2.05) is 44.3 Å². The van der Waals surface area contributed by atoms with E-state index in [0.717, 1.165) is 21.4 Å². The van der Waals surface area contributed by atoms with Gasteiger partial charge in [0.2, 0.25) is 0 Å². The van der Waals surface area contributed by atoms with Crippen LogP contribution in [0.3, 0.4) is 0 Å². The molecule has 2 rings (SSSR count). The maximum absolute atomic E-state index is 12.0. The number of methoxy groups -OCH3 is 1. The highest BCUT2D eigenvalue weighted by molar-refractivity contribution is 9.10. The Morgan fingerprint density at radius 3 is 2.62 bits per heavy atom. The maximum atomic E-state index is 12.0. The number of hydrogen-bond donors (Lipinski definition) is 1. The number of aryl methyl sites for hydroxylation is 2. The molecular formula is C15H18BrN3O2. The molecule has 2 aromatic rings. The van der Waals surface area contributed by atoms with E-state index in [1.165, 1.54) is 7.11 Å². The Bertz CT molecular complexity index is 625. The molecule has 0 saturated heterocycles. The first-order valence-electron chi connectivity index (χ1n) is 6.58. The molecule has 1 aromatic carbocycles. The van der Waals surface area contributed by atoms with E-state index in [1.54, 1.807) is 4.68 Å². The summed E-state index contributed by atoms with van der Waals surface area (Å²) < 4.78 is 7.64. The minimum atomic E-state index is -0.502. The van der Waals surface area contributed by atoms with Crippen LogP contribution in [-0.2, 0) is 23.1 Å². The van der Waals surface area contributed by atoms with Gasteiger partial charge in [0.15, 0.2) is 0 Å². The minimum absolute atomic E-state index is 0.309. The standard InChI is InChI=1S/C15H18BrN3O2/c1-10-13(16)12(19(2)18-10)9-17-14(15(20)21-3)11-7-5-4-6-8-11/h4-8,14,17H,9H2,1-3H3. The molecule has 1 heterocycles. The van der Waals surface area contributed by atoms with Crippen molar-refractivity contribution in [1.29, 1.82) is 0 Å². The summed E-state index contributed by atoms with van der Waals surface area (Å²) in [5.41, 5.74) is 2.78. The molecule has 1 atom stereocenters. The van der Waals surface area contributed by atoms with Crippen LogP contribution < -0.4 is 5.32 Å². The third-order valence-electron chi connectivity index (χ3n) is 3.31. The Labute approximate surface area is 132 Å². The predicted molar refractivity (Wildman–Crippen MR) is 83.7 cm³/mol. The Morgan fingerprint density at radius 1 is 1.43 bits per heavy atom. The van der Waals surface area contributed by atoms with Crippen molar-refractivity contribution in [3.05, 3.63) is 51.8 Å². The van der Waals surface area contributed by atoms with Crippen LogP contribution in [0.5, 0.6) is 0 Å². The van der Waals surface area contributed by atoms with E-state index in [4.69, 9.17) is 4.74 Å². The molecule has 6 heteroatoms. The molecule has 0 bridgehead atoms. The summed E-state index contributed by atoms with van der Waals surface area (Å²) in [5.74, 6) is -0.309. The average Bonchev–Trinajstić information content (AvgIpc) is 2.74. The Hall–Kier alpha value is -1.66. The summed E-state index contributed by atoms with van der Waals surface area (Å²) in [6, 6.07) is 9.02. The summed E-state index contributed by atoms with van der Waals surface area (Å²) in [6.45, 7) is 2.44. The number of carbonyl (C=O) groups excluding carboxylic acids is 1. The Balaban J connectivity index is 2.19. The summed E-state index contributed by atoms with van der Waals surface area (Å²) in [7, 11) is 3.27. The molecule has 0 spiro atoms. The molecule has 0 amide bonds. The lowest BCUT2D eigenvalue weighted by Crippen LogP contribution is -2.30. The lowest BCUT2D eigenvalue weighted by Gasteiger charge is -2.17. The van der Waals surface area contributed by atoms with Gasteiger partial charge < -0.3 is 4.74 Å². The van der Waals surface area contributed by atoms with E-state index in [-0.39, 0.29) is 5.97 Å². The quantitative estimate of drug-likeness (QED) is 0.840. The summed E-state index contributed by atoms with van der Waals surface area (Å²) in [6.07, 6.45) is 0. The first kappa shape index (κ1) is 15.7. The van der Waals surface area contributed by atoms with E-state index >= 15 is 0 Å². The third-order valence-corrected chi connectivity index (χ3v) is 4.34. The predicted octanol–water partition coefficient (Wildman–Crippen LogP) is 2.49. The molecule has 0 fully saturated rings. The second-order valence-electron chi connectivity index (χ2n) is 4.72. The fourth-order valence-electron chi connectivity index (χ4n) is 2.17. The molecular weight excluding hydrogens is 334 g/mol. The monoisotopic (exact) mass is 351 g/mol. The van der Waals surface area contributed by atoms with Gasteiger partial charge in [0.05, 0.1) is 23.0 Å². The highest BCUT2D eigenvalue weighted by atomic mass is 79.9. The molecule has 1 aromatic heterocycles. The topological polar surface area (TPSA) is 56.1 Å². The van der Waals surface area contributed by atoms with Crippen LogP contribution in [-0.4, -0.2) is 22.9 Å². The molecule has 0 aliphatic rings. The minimum Gasteiger partial charge on any atom is -0.468 e. The highest BCUT2D eigenvalue weighted by Crippen LogP contribution is 2.21. The van der Waals surface area contributed by atoms with E-state index < -0.39 is 6.04 Å². The van der Waals surface area contributed by atoms with E-state index in [9.17, 15) is 4.79 Å². The Kier molecular flexibility index (Phi) is 5.14. The molecule has 112 valence electrons. The van der Waals surface area contributed by atoms with Gasteiger partial charge in [-0.1, -0.05) is 30.3 Å². The van der Waals surface area contributed by atoms with Crippen LogP contribution in [0.4, 0.5) is 0 Å². The number of nitrogens with one attached hydrogen (secondary N) is 1. The lowest BCUT2D eigenvalue weighted by atomic mass is 10.1. The van der Waals surface area contributed by atoms with Crippen LogP contribution in [0.15, 0.2) is 34.8 Å². The van der Waals surface area contributed by atoms with Gasteiger partial charge in [-0.2, -0.15) is 5.10 Å². The summed E-state index contributed by atoms with van der Waals surface area (Å²) >= 11 is 3.52. The first-order valence-corrected chi connectivity index (χ1v) is 7.38. The van der Waals surface area contributed by atoms with Gasteiger partial charge in [-0.05, 0) is 28.4 Å². The molecule has 21 heavy (non-hydrogen) atoms. The van der Waals surface area contributed by atoms with Crippen LogP contribution in [0.2, 0.25) is 0 Å². The van der Waals surface area contributed by atoms with Crippen molar-refractivity contribution < 1.29 is 9.53 Å². The molecule has 0 aliphatic heterocycles. The van der Waals surface area contributed by atoms with Crippen LogP contribution in [0.1, 0.15) is 23.0 Å². The van der Waals surface area contributed by atoms with Gasteiger partial charge in [0.1, 0.15) is 6.04 Å². The lowest BCUT2D eigenvalue weighted by molar-refractivity contribution is -0.143. The normalized spacial score (nSPS) is 12.2. The second-order valence-corrected chi connectivity index (χ2v) is 5.51. The number of carbonyl (C=O) groups is 1. The number of ether oxygens (including phenoxy) is 1. The number of nitrogens with zero attached hydrogens (tertiary/aromatic N) is 2. The van der Waals surface area contributed by atoms with Crippen molar-refractivity contribution in [2.75, 3.05) is 7.11 Å². The van der Waals surface area contributed by atoms with Crippen molar-refractivity contribution in [3.8, 4) is 0 Å². The third kappa shape index (κ3) is 3.51. The largest absolute Gasteiger partial charge is 0.468 e. The SMILES string of the molecule is COC(=O)C(NCc1c(Br)c(C)nn1C)c1ccccc1. The highest BCUT2D eigenvalue weighted by Gasteiger charge is 2.22. The maximum Gasteiger partial charge on any atom is 0.327 e. The van der Waals surface area contributed by atoms with Crippen molar-refractivity contribution in [3.63, 3.8) is 0 Å². The van der Waals surface area contributed by atoms with Crippen molar-refractivity contribution in [2.24, 2.45) is 7.05 Å². The van der Waals surface area contributed by atoms with Crippen molar-refractivity contribution >= 4 is 21.9 Å². The number of esters is 1. The molecule has 1 unspecified atom stereocenters. The van der Waals surface area contributed by atoms with Crippen molar-refractivity contribution in [1.82, 2.24) is 15.1 Å². The average molecular weight is 352 g/mol. The Morgan fingerprint density at radius 2 is 2.10 bits per heavy atom. The fraction of sp³-hybridized carbons (Fsp3) is 0.333. The van der Waals surface area contributed by atoms with Gasteiger partial charge in [-0.15, -0.1) is 0 Å². The second kappa shape index (κ2) is 6.87. The van der Waals surface area contributed by atoms with Crippen LogP contribution in [0, 0.1) is 6.92 Å². The van der Waals surface area contributed by atoms with Gasteiger partial charge in [-0.25, -0.2) is 4.79 Å². The van der Waals surface area contributed by atoms with E-state index in [0.29, 0.717) is 6.54 Å². The van der Waals surface area contributed by atoms with Gasteiger partial charge in [-0.3, -0.25) is 10.00 Å². The zero-order valence-electron chi connectivity index (χ0n) is 12.3. The zero-order chi connectivity index (χ0) is 15.4. The smallest absolute Gasteiger partial charge is 0.327 e. The first-order chi connectivity index (χ1) is 10.0. The molecule has 1 N–H and O–H groups in total. The van der Waals surface area contributed by atoms with Gasteiger partial charge in [0.25, 0.3) is 0 Å². The van der Waals surface area contributed by atoms with Crippen molar-refractivity contribution in [2.45, 2.75) is 19.5 Å². The van der Waals surface area contributed by atoms with Gasteiger partial charge >= 0.3 is 5.97 Å². The number of halogens is 1. The van der Waals surface area contributed by atoms with E-state index in [2.05, 4.69) is 26.3 Å². The molecule has 0 aliphatic carbocycles. The molecule has 0 radical (unpaired) electrons. The number of hydrogen-bond acceptors (Lipinski definition) is 4. The number of aromatic nitrogens is 2.